The van der Waals surface area contributed by atoms with Crippen molar-refractivity contribution in [1.29, 1.82) is 5.26 Å². The van der Waals surface area contributed by atoms with Crippen LogP contribution in [0.1, 0.15) is 24.8 Å². The molecule has 7 heteroatoms. The molecule has 2 aliphatic rings. The molecule has 1 aromatic rings. The highest BCUT2D eigenvalue weighted by Crippen LogP contribution is 2.23. The Morgan fingerprint density at radius 2 is 2.17 bits per heavy atom. The summed E-state index contributed by atoms with van der Waals surface area (Å²) < 4.78 is 5.83. The minimum Gasteiger partial charge on any atom is -0.473 e. The molecule has 2 saturated heterocycles. The number of aromatic nitrogens is 1. The van der Waals surface area contributed by atoms with Gasteiger partial charge in [0.2, 0.25) is 17.7 Å². The van der Waals surface area contributed by atoms with Crippen LogP contribution in [0.3, 0.4) is 0 Å². The van der Waals surface area contributed by atoms with Crippen molar-refractivity contribution in [2.75, 3.05) is 26.7 Å². The Bertz CT molecular complexity index is 677. The molecule has 0 radical (unpaired) electrons. The molecule has 0 saturated carbocycles. The molecule has 0 N–H and O–H groups in total. The van der Waals surface area contributed by atoms with E-state index in [4.69, 9.17) is 10.00 Å². The van der Waals surface area contributed by atoms with E-state index in [-0.39, 0.29) is 23.8 Å². The minimum absolute atomic E-state index is 0.0331. The van der Waals surface area contributed by atoms with E-state index < -0.39 is 0 Å². The molecule has 0 bridgehead atoms. The van der Waals surface area contributed by atoms with E-state index in [2.05, 4.69) is 11.1 Å². The number of likely N-dealkylation sites (tertiary alicyclic amines) is 2. The Morgan fingerprint density at radius 1 is 1.42 bits per heavy atom. The fourth-order valence-electron chi connectivity index (χ4n) is 3.21. The lowest BCUT2D eigenvalue weighted by Gasteiger charge is -2.33. The Morgan fingerprint density at radius 3 is 2.79 bits per heavy atom. The van der Waals surface area contributed by atoms with Gasteiger partial charge in [0.15, 0.2) is 0 Å². The monoisotopic (exact) mass is 328 g/mol. The molecular formula is C17H20N4O3. The molecule has 2 amide bonds. The number of nitriles is 1. The second-order valence-corrected chi connectivity index (χ2v) is 6.29. The van der Waals surface area contributed by atoms with E-state index in [1.807, 2.05) is 4.90 Å². The average molecular weight is 328 g/mol. The van der Waals surface area contributed by atoms with Crippen molar-refractivity contribution < 1.29 is 14.3 Å². The van der Waals surface area contributed by atoms with E-state index in [0.29, 0.717) is 50.3 Å². The molecule has 24 heavy (non-hydrogen) atoms. The van der Waals surface area contributed by atoms with Crippen molar-refractivity contribution in [2.24, 2.45) is 5.92 Å². The Balaban J connectivity index is 1.54. The van der Waals surface area contributed by atoms with Gasteiger partial charge in [0.05, 0.1) is 5.92 Å². The van der Waals surface area contributed by atoms with Gasteiger partial charge in [0.1, 0.15) is 17.7 Å². The Kier molecular flexibility index (Phi) is 4.65. The highest BCUT2D eigenvalue weighted by atomic mass is 16.5. The molecule has 0 unspecified atom stereocenters. The Labute approximate surface area is 140 Å². The second-order valence-electron chi connectivity index (χ2n) is 6.29. The number of nitrogens with zero attached hydrogens (tertiary/aromatic N) is 4. The maximum Gasteiger partial charge on any atom is 0.231 e. The van der Waals surface area contributed by atoms with Crippen molar-refractivity contribution in [3.8, 4) is 11.9 Å². The lowest BCUT2D eigenvalue weighted by Crippen LogP contribution is -2.44. The average Bonchev–Trinajstić information content (AvgIpc) is 2.94. The zero-order chi connectivity index (χ0) is 17.1. The molecule has 2 fully saturated rings. The van der Waals surface area contributed by atoms with Crippen LogP contribution >= 0.6 is 0 Å². The zero-order valence-electron chi connectivity index (χ0n) is 13.6. The third-order valence-electron chi connectivity index (χ3n) is 4.61. The molecule has 1 aromatic heterocycles. The van der Waals surface area contributed by atoms with Crippen LogP contribution in [0.2, 0.25) is 0 Å². The summed E-state index contributed by atoms with van der Waals surface area (Å²) in [6.07, 6.45) is 3.25. The Hall–Kier alpha value is -2.62. The van der Waals surface area contributed by atoms with Crippen LogP contribution in [0.5, 0.6) is 5.88 Å². The zero-order valence-corrected chi connectivity index (χ0v) is 13.6. The van der Waals surface area contributed by atoms with Gasteiger partial charge < -0.3 is 14.5 Å². The van der Waals surface area contributed by atoms with Gasteiger partial charge in [-0.15, -0.1) is 0 Å². The predicted molar refractivity (Wildman–Crippen MR) is 84.9 cm³/mol. The number of piperidine rings is 1. The summed E-state index contributed by atoms with van der Waals surface area (Å²) in [5.41, 5.74) is 0.420. The van der Waals surface area contributed by atoms with Crippen molar-refractivity contribution >= 4 is 11.8 Å². The summed E-state index contributed by atoms with van der Waals surface area (Å²) in [5.74, 6) is 0.223. The van der Waals surface area contributed by atoms with Crippen molar-refractivity contribution in [3.05, 3.63) is 23.9 Å². The fourth-order valence-corrected chi connectivity index (χ4v) is 3.21. The normalized spacial score (nSPS) is 21.7. The first kappa shape index (κ1) is 16.2. The molecule has 1 atom stereocenters. The molecule has 0 aromatic carbocycles. The predicted octanol–water partition coefficient (Wildman–Crippen LogP) is 0.801. The molecule has 126 valence electrons. The van der Waals surface area contributed by atoms with Crippen LogP contribution in [0.4, 0.5) is 0 Å². The van der Waals surface area contributed by atoms with Crippen molar-refractivity contribution in [2.45, 2.75) is 25.4 Å². The first-order valence-corrected chi connectivity index (χ1v) is 8.13. The SMILES string of the molecule is CN1C[C@H](C(=O)N2CCC(Oc3ncccc3C#N)CC2)CC1=O. The summed E-state index contributed by atoms with van der Waals surface area (Å²) in [5, 5.41) is 9.07. The van der Waals surface area contributed by atoms with Gasteiger partial charge >= 0.3 is 0 Å². The van der Waals surface area contributed by atoms with Gasteiger partial charge in [0, 0.05) is 52.1 Å². The molecular weight excluding hydrogens is 308 g/mol. The third-order valence-corrected chi connectivity index (χ3v) is 4.61. The van der Waals surface area contributed by atoms with Gasteiger partial charge in [0.25, 0.3) is 0 Å². The number of carbonyl (C=O) groups excluding carboxylic acids is 2. The van der Waals surface area contributed by atoms with Gasteiger partial charge in [-0.2, -0.15) is 5.26 Å². The largest absolute Gasteiger partial charge is 0.473 e. The first-order chi connectivity index (χ1) is 11.6. The fraction of sp³-hybridized carbons (Fsp3) is 0.529. The van der Waals surface area contributed by atoms with Crippen LogP contribution in [-0.4, -0.2) is 59.4 Å². The van der Waals surface area contributed by atoms with Gasteiger partial charge in [-0.05, 0) is 12.1 Å². The maximum absolute atomic E-state index is 12.5. The summed E-state index contributed by atoms with van der Waals surface area (Å²) in [6.45, 7) is 1.72. The second kappa shape index (κ2) is 6.87. The number of hydrogen-bond acceptors (Lipinski definition) is 5. The number of pyridine rings is 1. The summed E-state index contributed by atoms with van der Waals surface area (Å²) >= 11 is 0. The molecule has 3 heterocycles. The van der Waals surface area contributed by atoms with Crippen LogP contribution in [0, 0.1) is 17.2 Å². The first-order valence-electron chi connectivity index (χ1n) is 8.13. The molecule has 7 nitrogen and oxygen atoms in total. The van der Waals surface area contributed by atoms with Gasteiger partial charge in [-0.1, -0.05) is 0 Å². The number of carbonyl (C=O) groups is 2. The van der Waals surface area contributed by atoms with Crippen LogP contribution < -0.4 is 4.74 Å². The van der Waals surface area contributed by atoms with Crippen molar-refractivity contribution in [3.63, 3.8) is 0 Å². The molecule has 3 rings (SSSR count). The summed E-state index contributed by atoms with van der Waals surface area (Å²) in [6, 6.07) is 5.45. The van der Waals surface area contributed by atoms with Crippen LogP contribution in [0.15, 0.2) is 18.3 Å². The van der Waals surface area contributed by atoms with Crippen LogP contribution in [0.25, 0.3) is 0 Å². The van der Waals surface area contributed by atoms with E-state index >= 15 is 0 Å². The lowest BCUT2D eigenvalue weighted by molar-refractivity contribution is -0.137. The van der Waals surface area contributed by atoms with E-state index in [0.717, 1.165) is 0 Å². The van der Waals surface area contributed by atoms with Gasteiger partial charge in [-0.25, -0.2) is 4.98 Å². The van der Waals surface area contributed by atoms with Crippen molar-refractivity contribution in [1.82, 2.24) is 14.8 Å². The van der Waals surface area contributed by atoms with E-state index in [1.165, 1.54) is 0 Å². The van der Waals surface area contributed by atoms with Gasteiger partial charge in [-0.3, -0.25) is 9.59 Å². The summed E-state index contributed by atoms with van der Waals surface area (Å²) in [4.78, 5) is 31.6. The number of amides is 2. The minimum atomic E-state index is -0.221. The molecule has 0 aliphatic carbocycles. The summed E-state index contributed by atoms with van der Waals surface area (Å²) in [7, 11) is 1.73. The van der Waals surface area contributed by atoms with E-state index in [9.17, 15) is 9.59 Å². The number of rotatable bonds is 3. The molecule has 2 aliphatic heterocycles. The third kappa shape index (κ3) is 3.32. The lowest BCUT2D eigenvalue weighted by atomic mass is 10.0. The number of hydrogen-bond donors (Lipinski definition) is 0. The molecule has 0 spiro atoms. The highest BCUT2D eigenvalue weighted by Gasteiger charge is 2.36. The van der Waals surface area contributed by atoms with E-state index in [1.54, 1.807) is 30.3 Å². The maximum atomic E-state index is 12.5. The smallest absolute Gasteiger partial charge is 0.231 e. The number of ether oxygens (including phenoxy) is 1. The standard InChI is InChI=1S/C17H20N4O3/c1-20-11-13(9-15(20)22)17(23)21-7-4-14(5-8-21)24-16-12(10-18)3-2-6-19-16/h2-3,6,13-14H,4-5,7-9,11H2,1H3/t13-/m1/s1. The highest BCUT2D eigenvalue weighted by molar-refractivity contribution is 5.89. The quantitative estimate of drug-likeness (QED) is 0.819. The topological polar surface area (TPSA) is 86.5 Å². The van der Waals surface area contributed by atoms with Crippen LogP contribution in [-0.2, 0) is 9.59 Å².